The molecule has 0 unspecified atom stereocenters. The van der Waals surface area contributed by atoms with Gasteiger partial charge in [-0.25, -0.2) is 4.79 Å². The number of hydrogen-bond acceptors (Lipinski definition) is 3. The van der Waals surface area contributed by atoms with E-state index in [0.717, 1.165) is 4.47 Å². The quantitative estimate of drug-likeness (QED) is 0.285. The normalized spacial score (nSPS) is 12.2. The number of aromatic carboxylic acids is 1. The largest absolute Gasteiger partial charge is 0.505 e. The number of hydrogen-bond donors (Lipinski definition) is 2. The molecule has 0 saturated carbocycles. The van der Waals surface area contributed by atoms with Crippen LogP contribution in [0.1, 0.15) is 21.5 Å². The topological polar surface area (TPSA) is 66.8 Å². The van der Waals surface area contributed by atoms with Crippen LogP contribution in [0.15, 0.2) is 54.3 Å². The molecule has 2 N–H and O–H groups in total. The van der Waals surface area contributed by atoms with E-state index in [4.69, 9.17) is 4.74 Å². The van der Waals surface area contributed by atoms with Crippen LogP contribution in [0.25, 0.3) is 12.2 Å². The highest BCUT2D eigenvalue weighted by atomic mass is 79.9. The van der Waals surface area contributed by atoms with Crippen LogP contribution in [-0.4, -0.2) is 16.2 Å². The average molecular weight is 646 g/mol. The molecule has 146 valence electrons. The molecule has 0 saturated heterocycles. The first kappa shape index (κ1) is 20.7. The first-order valence-electron chi connectivity index (χ1n) is 8.15. The van der Waals surface area contributed by atoms with Crippen LogP contribution in [0.2, 0.25) is 0 Å². The molecule has 1 aliphatic rings. The standard InChI is InChI=1S/C21H10Br4O4/c1-8-13(22)6-11-15(9-4-2-3-5-10(9)21(27)28)12-7-14(23)18(26)17(25)20(12)29-19(11)16(8)24/h2-7,26H,1H2,(H,27,28). The number of halogens is 4. The van der Waals surface area contributed by atoms with Gasteiger partial charge >= 0.3 is 5.97 Å². The Labute approximate surface area is 199 Å². The third-order valence-corrected chi connectivity index (χ3v) is 7.47. The number of ether oxygens (including phenoxy) is 1. The Morgan fingerprint density at radius 2 is 1.62 bits per heavy atom. The maximum Gasteiger partial charge on any atom is 0.336 e. The zero-order valence-corrected chi connectivity index (χ0v) is 20.7. The lowest BCUT2D eigenvalue weighted by atomic mass is 9.89. The Morgan fingerprint density at radius 3 is 2.31 bits per heavy atom. The lowest BCUT2D eigenvalue weighted by Crippen LogP contribution is -2.23. The number of aromatic hydroxyl groups is 1. The van der Waals surface area contributed by atoms with Crippen molar-refractivity contribution in [1.29, 1.82) is 0 Å². The first-order valence-corrected chi connectivity index (χ1v) is 11.3. The number of phenolic OH excluding ortho intramolecular Hbond substituents is 1. The molecule has 3 aromatic carbocycles. The third-order valence-electron chi connectivity index (χ3n) is 4.59. The van der Waals surface area contributed by atoms with Crippen molar-refractivity contribution in [3.05, 3.63) is 81.4 Å². The molecular formula is C21H10Br4O4. The number of carbonyl (C=O) groups is 1. The molecule has 0 atom stereocenters. The Morgan fingerprint density at radius 1 is 0.931 bits per heavy atom. The molecule has 29 heavy (non-hydrogen) atoms. The summed E-state index contributed by atoms with van der Waals surface area (Å²) in [6.45, 7) is 4.04. The summed E-state index contributed by atoms with van der Waals surface area (Å²) >= 11 is 13.8. The lowest BCUT2D eigenvalue weighted by Gasteiger charge is -2.25. The molecular weight excluding hydrogens is 636 g/mol. The number of carboxylic acids is 1. The maximum atomic E-state index is 11.9. The van der Waals surface area contributed by atoms with E-state index < -0.39 is 5.97 Å². The van der Waals surface area contributed by atoms with Gasteiger partial charge in [0.1, 0.15) is 16.0 Å². The molecule has 4 nitrogen and oxygen atoms in total. The van der Waals surface area contributed by atoms with Gasteiger partial charge in [-0.2, -0.15) is 0 Å². The Hall–Kier alpha value is -1.61. The van der Waals surface area contributed by atoms with Crippen molar-refractivity contribution in [3.63, 3.8) is 0 Å². The zero-order valence-electron chi connectivity index (χ0n) is 14.4. The van der Waals surface area contributed by atoms with Crippen molar-refractivity contribution in [2.24, 2.45) is 0 Å². The third kappa shape index (κ3) is 3.26. The fourth-order valence-electron chi connectivity index (χ4n) is 3.23. The second-order valence-electron chi connectivity index (χ2n) is 6.25. The Bertz CT molecular complexity index is 1330. The highest BCUT2D eigenvalue weighted by molar-refractivity contribution is 9.11. The summed E-state index contributed by atoms with van der Waals surface area (Å²) in [5.41, 5.74) is 2.00. The van der Waals surface area contributed by atoms with E-state index >= 15 is 0 Å². The summed E-state index contributed by atoms with van der Waals surface area (Å²) in [5, 5.41) is 21.5. The van der Waals surface area contributed by atoms with Gasteiger partial charge < -0.3 is 14.9 Å². The van der Waals surface area contributed by atoms with Crippen molar-refractivity contribution in [2.45, 2.75) is 0 Å². The second kappa shape index (κ2) is 7.58. The highest BCUT2D eigenvalue weighted by Gasteiger charge is 2.29. The van der Waals surface area contributed by atoms with E-state index in [2.05, 4.69) is 70.3 Å². The van der Waals surface area contributed by atoms with Gasteiger partial charge in [0.25, 0.3) is 0 Å². The van der Waals surface area contributed by atoms with E-state index in [1.54, 1.807) is 30.3 Å². The van der Waals surface area contributed by atoms with Crippen molar-refractivity contribution in [3.8, 4) is 17.2 Å². The van der Waals surface area contributed by atoms with Crippen LogP contribution in [0, 0.1) is 0 Å². The molecule has 0 spiro atoms. The summed E-state index contributed by atoms with van der Waals surface area (Å²) in [6.07, 6.45) is 0. The number of phenols is 1. The van der Waals surface area contributed by atoms with Gasteiger partial charge in [-0.1, -0.05) is 40.7 Å². The van der Waals surface area contributed by atoms with Crippen molar-refractivity contribution in [2.75, 3.05) is 0 Å². The molecule has 0 radical (unpaired) electrons. The summed E-state index contributed by atoms with van der Waals surface area (Å²) < 4.78 is 8.35. The SMILES string of the molecule is C=c1c(Br)cc2c(c1Br)Oc1c(cc(Br)c(O)c1Br)C=2c1ccccc1C(=O)O. The number of benzene rings is 3. The highest BCUT2D eigenvalue weighted by Crippen LogP contribution is 2.49. The molecule has 0 aromatic heterocycles. The van der Waals surface area contributed by atoms with Gasteiger partial charge in [-0.15, -0.1) is 0 Å². The maximum absolute atomic E-state index is 11.9. The zero-order chi connectivity index (χ0) is 21.0. The molecule has 0 aliphatic carbocycles. The van der Waals surface area contributed by atoms with E-state index in [0.29, 0.717) is 52.1 Å². The minimum absolute atomic E-state index is 0.0128. The smallest absolute Gasteiger partial charge is 0.336 e. The van der Waals surface area contributed by atoms with Crippen LogP contribution in [0.3, 0.4) is 0 Å². The van der Waals surface area contributed by atoms with E-state index in [-0.39, 0.29) is 11.3 Å². The fourth-order valence-corrected chi connectivity index (χ4v) is 5.63. The molecule has 0 fully saturated rings. The summed E-state index contributed by atoms with van der Waals surface area (Å²) in [6, 6.07) is 10.4. The molecule has 1 heterocycles. The van der Waals surface area contributed by atoms with Crippen LogP contribution in [0.5, 0.6) is 17.2 Å². The van der Waals surface area contributed by atoms with Gasteiger partial charge in [0, 0.05) is 20.8 Å². The second-order valence-corrected chi connectivity index (χ2v) is 9.55. The summed E-state index contributed by atoms with van der Waals surface area (Å²) in [5.74, 6) is -0.174. The van der Waals surface area contributed by atoms with Crippen molar-refractivity contribution in [1.82, 2.24) is 0 Å². The van der Waals surface area contributed by atoms with Gasteiger partial charge in [0.15, 0.2) is 5.75 Å². The molecule has 8 heteroatoms. The number of rotatable bonds is 2. The van der Waals surface area contributed by atoms with Crippen LogP contribution in [-0.2, 0) is 0 Å². The van der Waals surface area contributed by atoms with Gasteiger partial charge in [-0.05, 0) is 76.8 Å². The van der Waals surface area contributed by atoms with Gasteiger partial charge in [0.05, 0.1) is 14.5 Å². The van der Waals surface area contributed by atoms with Gasteiger partial charge in [0.2, 0.25) is 0 Å². The number of carboxylic acid groups (broad SMARTS) is 1. The van der Waals surface area contributed by atoms with Crippen molar-refractivity contribution >= 4 is 81.8 Å². The molecule has 4 rings (SSSR count). The molecule has 1 aliphatic heterocycles. The molecule has 0 bridgehead atoms. The summed E-state index contributed by atoms with van der Waals surface area (Å²) in [4.78, 5) is 11.9. The van der Waals surface area contributed by atoms with Crippen molar-refractivity contribution < 1.29 is 19.7 Å². The minimum Gasteiger partial charge on any atom is -0.505 e. The van der Waals surface area contributed by atoms with Crippen LogP contribution >= 0.6 is 63.7 Å². The predicted octanol–water partition coefficient (Wildman–Crippen LogP) is 5.90. The summed E-state index contributed by atoms with van der Waals surface area (Å²) in [7, 11) is 0. The monoisotopic (exact) mass is 642 g/mol. The van der Waals surface area contributed by atoms with E-state index in [9.17, 15) is 15.0 Å². The Kier molecular flexibility index (Phi) is 5.40. The fraction of sp³-hybridized carbons (Fsp3) is 0. The average Bonchev–Trinajstić information content (AvgIpc) is 2.69. The predicted molar refractivity (Wildman–Crippen MR) is 125 cm³/mol. The number of fused-ring (bicyclic) bond motifs is 2. The molecule has 0 amide bonds. The van der Waals surface area contributed by atoms with E-state index in [1.807, 2.05) is 6.07 Å². The Balaban J connectivity index is 2.28. The lowest BCUT2D eigenvalue weighted by molar-refractivity contribution is 0.0696. The van der Waals surface area contributed by atoms with Crippen LogP contribution < -0.4 is 15.2 Å². The minimum atomic E-state index is -1.04. The van der Waals surface area contributed by atoms with E-state index in [1.165, 1.54) is 0 Å². The first-order chi connectivity index (χ1) is 13.7. The van der Waals surface area contributed by atoms with Gasteiger partial charge in [-0.3, -0.25) is 0 Å². The van der Waals surface area contributed by atoms with Crippen LogP contribution in [0.4, 0.5) is 0 Å². The molecule has 3 aromatic rings.